The van der Waals surface area contributed by atoms with Crippen molar-refractivity contribution < 1.29 is 13.6 Å². The fourth-order valence-electron chi connectivity index (χ4n) is 1.89. The minimum absolute atomic E-state index is 0.0695. The number of para-hydroxylation sites is 1. The van der Waals surface area contributed by atoms with Gasteiger partial charge in [-0.1, -0.05) is 12.1 Å². The average Bonchev–Trinajstić information content (AvgIpc) is 2.47. The Morgan fingerprint density at radius 3 is 2.33 bits per heavy atom. The van der Waals surface area contributed by atoms with Gasteiger partial charge in [-0.2, -0.15) is 0 Å². The molecule has 21 heavy (non-hydrogen) atoms. The maximum absolute atomic E-state index is 13.7. The van der Waals surface area contributed by atoms with Crippen LogP contribution in [-0.2, 0) is 0 Å². The van der Waals surface area contributed by atoms with Crippen molar-refractivity contribution in [3.8, 4) is 0 Å². The van der Waals surface area contributed by atoms with E-state index in [0.717, 1.165) is 17.0 Å². The third kappa shape index (κ3) is 3.33. The van der Waals surface area contributed by atoms with Gasteiger partial charge in [-0.3, -0.25) is 4.79 Å². The van der Waals surface area contributed by atoms with Gasteiger partial charge in [0.2, 0.25) is 0 Å². The van der Waals surface area contributed by atoms with Crippen LogP contribution in [-0.4, -0.2) is 19.2 Å². The molecule has 0 saturated heterocycles. The minimum atomic E-state index is -0.805. The maximum Gasteiger partial charge on any atom is 0.255 e. The number of thioether (sulfide) groups is 1. The average molecular weight is 308 g/mol. The second-order valence-electron chi connectivity index (χ2n) is 4.22. The van der Waals surface area contributed by atoms with Crippen LogP contribution in [0.15, 0.2) is 41.3 Å². The lowest BCUT2D eigenvalue weighted by atomic mass is 10.1. The Morgan fingerprint density at radius 2 is 1.76 bits per heavy atom. The highest BCUT2D eigenvalue weighted by atomic mass is 32.2. The van der Waals surface area contributed by atoms with Gasteiger partial charge in [0.25, 0.3) is 5.91 Å². The van der Waals surface area contributed by atoms with Crippen LogP contribution >= 0.6 is 11.8 Å². The second-order valence-corrected chi connectivity index (χ2v) is 5.07. The lowest BCUT2D eigenvalue weighted by molar-refractivity contribution is 0.102. The number of benzene rings is 2. The van der Waals surface area contributed by atoms with E-state index in [1.807, 2.05) is 18.4 Å². The zero-order valence-electron chi connectivity index (χ0n) is 11.5. The van der Waals surface area contributed by atoms with Crippen molar-refractivity contribution in [1.29, 1.82) is 0 Å². The summed E-state index contributed by atoms with van der Waals surface area (Å²) in [6.45, 7) is 0. The summed E-state index contributed by atoms with van der Waals surface area (Å²) in [5, 5.41) is 5.07. The van der Waals surface area contributed by atoms with Gasteiger partial charge in [-0.05, 0) is 30.5 Å². The molecule has 2 aromatic rings. The number of rotatable bonds is 4. The largest absolute Gasteiger partial charge is 0.383 e. The lowest BCUT2D eigenvalue weighted by Crippen LogP contribution is -2.14. The van der Waals surface area contributed by atoms with Gasteiger partial charge in [0, 0.05) is 17.5 Å². The summed E-state index contributed by atoms with van der Waals surface area (Å²) in [7, 11) is 1.41. The third-order valence-corrected chi connectivity index (χ3v) is 3.71. The first-order valence-corrected chi connectivity index (χ1v) is 7.40. The fourth-order valence-corrected chi connectivity index (χ4v) is 2.44. The number of amides is 1. The number of carbonyl (C=O) groups is 1. The Morgan fingerprint density at radius 1 is 1.14 bits per heavy atom. The van der Waals surface area contributed by atoms with Crippen molar-refractivity contribution >= 4 is 29.0 Å². The highest BCUT2D eigenvalue weighted by molar-refractivity contribution is 7.98. The van der Waals surface area contributed by atoms with Crippen molar-refractivity contribution in [3.63, 3.8) is 0 Å². The maximum atomic E-state index is 13.7. The Bertz CT molecular complexity index is 653. The van der Waals surface area contributed by atoms with Crippen LogP contribution in [0.25, 0.3) is 0 Å². The van der Waals surface area contributed by atoms with Crippen LogP contribution < -0.4 is 10.6 Å². The smallest absolute Gasteiger partial charge is 0.255 e. The third-order valence-electron chi connectivity index (χ3n) is 2.91. The molecule has 2 rings (SSSR count). The molecule has 0 spiro atoms. The molecule has 0 radical (unpaired) electrons. The molecule has 1 amide bonds. The molecule has 0 bridgehead atoms. The second kappa shape index (κ2) is 6.58. The molecule has 0 aliphatic carbocycles. The van der Waals surface area contributed by atoms with E-state index >= 15 is 0 Å². The number of carbonyl (C=O) groups excluding carboxylic acids is 1. The molecule has 110 valence electrons. The van der Waals surface area contributed by atoms with Gasteiger partial charge >= 0.3 is 0 Å². The number of hydrogen-bond acceptors (Lipinski definition) is 3. The van der Waals surface area contributed by atoms with Gasteiger partial charge in [0.1, 0.15) is 17.3 Å². The molecule has 0 atom stereocenters. The quantitative estimate of drug-likeness (QED) is 0.839. The molecule has 2 aromatic carbocycles. The van der Waals surface area contributed by atoms with E-state index in [9.17, 15) is 13.6 Å². The van der Waals surface area contributed by atoms with Crippen LogP contribution in [0.2, 0.25) is 0 Å². The van der Waals surface area contributed by atoms with Gasteiger partial charge in [0.05, 0.1) is 5.69 Å². The predicted molar refractivity (Wildman–Crippen MR) is 82.1 cm³/mol. The number of nitrogens with one attached hydrogen (secondary N) is 2. The molecule has 0 saturated carbocycles. The van der Waals surface area contributed by atoms with Gasteiger partial charge in [-0.25, -0.2) is 8.78 Å². The monoisotopic (exact) mass is 308 g/mol. The van der Waals surface area contributed by atoms with E-state index in [1.165, 1.54) is 18.8 Å². The Kier molecular flexibility index (Phi) is 4.80. The summed E-state index contributed by atoms with van der Waals surface area (Å²) >= 11 is 1.47. The topological polar surface area (TPSA) is 41.1 Å². The Balaban J connectivity index is 2.29. The predicted octanol–water partition coefficient (Wildman–Crippen LogP) is 3.98. The Labute approximate surface area is 125 Å². The summed E-state index contributed by atoms with van der Waals surface area (Å²) in [6.07, 6.45) is 1.88. The van der Waals surface area contributed by atoms with Crippen LogP contribution in [0.3, 0.4) is 0 Å². The Hall–Kier alpha value is -2.08. The summed E-state index contributed by atoms with van der Waals surface area (Å²) in [5.41, 5.74) is 0.282. The highest BCUT2D eigenvalue weighted by Gasteiger charge is 2.15. The van der Waals surface area contributed by atoms with Crippen LogP contribution in [0.4, 0.5) is 20.2 Å². The van der Waals surface area contributed by atoms with E-state index in [4.69, 9.17) is 0 Å². The lowest BCUT2D eigenvalue weighted by Gasteiger charge is -2.10. The summed E-state index contributed by atoms with van der Waals surface area (Å²) < 4.78 is 27.3. The van der Waals surface area contributed by atoms with Gasteiger partial charge in [0.15, 0.2) is 0 Å². The van der Waals surface area contributed by atoms with Crippen LogP contribution in [0.5, 0.6) is 0 Å². The van der Waals surface area contributed by atoms with E-state index in [1.54, 1.807) is 12.1 Å². The van der Waals surface area contributed by atoms with Gasteiger partial charge < -0.3 is 10.6 Å². The zero-order valence-corrected chi connectivity index (χ0v) is 12.4. The first-order chi connectivity index (χ1) is 10.1. The fraction of sp³-hybridized carbons (Fsp3) is 0.133. The molecule has 0 unspecified atom stereocenters. The van der Waals surface area contributed by atoms with Crippen molar-refractivity contribution in [2.24, 2.45) is 0 Å². The van der Waals surface area contributed by atoms with Gasteiger partial charge in [-0.15, -0.1) is 11.8 Å². The zero-order chi connectivity index (χ0) is 15.4. The number of halogens is 2. The molecular weight excluding hydrogens is 294 g/mol. The molecule has 6 heteroatoms. The van der Waals surface area contributed by atoms with Crippen LogP contribution in [0, 0.1) is 11.6 Å². The van der Waals surface area contributed by atoms with E-state index in [-0.39, 0.29) is 11.3 Å². The molecular formula is C15H14F2N2OS. The molecule has 0 aromatic heterocycles. The minimum Gasteiger partial charge on any atom is -0.383 e. The standard InChI is InChI=1S/C15H14F2N2OS/c1-18-14-10(16)7-9(8-11(14)17)15(20)19-12-5-3-4-6-13(12)21-2/h3-8,18H,1-2H3,(H,19,20). The van der Waals surface area contributed by atoms with Crippen molar-refractivity contribution in [2.45, 2.75) is 4.90 Å². The van der Waals surface area contributed by atoms with Crippen molar-refractivity contribution in [3.05, 3.63) is 53.6 Å². The van der Waals surface area contributed by atoms with Crippen LogP contribution in [0.1, 0.15) is 10.4 Å². The molecule has 0 aliphatic rings. The normalized spacial score (nSPS) is 10.3. The van der Waals surface area contributed by atoms with E-state index in [0.29, 0.717) is 5.69 Å². The van der Waals surface area contributed by atoms with E-state index < -0.39 is 17.5 Å². The summed E-state index contributed by atoms with van der Waals surface area (Å²) in [4.78, 5) is 13.0. The summed E-state index contributed by atoms with van der Waals surface area (Å²) in [5.74, 6) is -2.17. The summed E-state index contributed by atoms with van der Waals surface area (Å²) in [6, 6.07) is 9.23. The molecule has 2 N–H and O–H groups in total. The van der Waals surface area contributed by atoms with E-state index in [2.05, 4.69) is 10.6 Å². The molecule has 0 aliphatic heterocycles. The number of hydrogen-bond donors (Lipinski definition) is 2. The highest BCUT2D eigenvalue weighted by Crippen LogP contribution is 2.26. The molecule has 3 nitrogen and oxygen atoms in total. The number of anilines is 2. The molecule has 0 fully saturated rings. The molecule has 0 heterocycles. The first-order valence-electron chi connectivity index (χ1n) is 6.18. The first kappa shape index (κ1) is 15.3. The SMILES string of the molecule is CNc1c(F)cc(C(=O)Nc2ccccc2SC)cc1F. The van der Waals surface area contributed by atoms with Crippen molar-refractivity contribution in [1.82, 2.24) is 0 Å². The van der Waals surface area contributed by atoms with Crippen molar-refractivity contribution in [2.75, 3.05) is 23.9 Å².